The van der Waals surface area contributed by atoms with E-state index in [0.717, 1.165) is 0 Å². The first-order chi connectivity index (χ1) is 9.96. The van der Waals surface area contributed by atoms with Crippen molar-refractivity contribution in [1.29, 1.82) is 5.26 Å². The van der Waals surface area contributed by atoms with Gasteiger partial charge >= 0.3 is 0 Å². The number of nitriles is 1. The first-order valence-electron chi connectivity index (χ1n) is 6.52. The maximum absolute atomic E-state index is 13.7. The molecule has 0 saturated heterocycles. The van der Waals surface area contributed by atoms with Gasteiger partial charge in [-0.15, -0.1) is 0 Å². The lowest BCUT2D eigenvalue weighted by Gasteiger charge is -2.24. The molecule has 1 N–H and O–H groups in total. The van der Waals surface area contributed by atoms with Gasteiger partial charge in [-0.25, -0.2) is 4.39 Å². The van der Waals surface area contributed by atoms with Crippen molar-refractivity contribution in [3.63, 3.8) is 0 Å². The standard InChI is InChI=1S/C17H16FNO2/c1-17(20,14-6-3-12(11-19)4-7-14)10-13-5-8-16(21-2)15(18)9-13/h3-9,20H,10H2,1-2H3. The number of benzene rings is 2. The summed E-state index contributed by atoms with van der Waals surface area (Å²) in [5.74, 6) is -0.276. The molecule has 0 aliphatic carbocycles. The predicted octanol–water partition coefficient (Wildman–Crippen LogP) is 3.16. The number of hydrogen-bond acceptors (Lipinski definition) is 3. The molecule has 0 fully saturated rings. The Kier molecular flexibility index (Phi) is 4.25. The molecule has 0 aromatic heterocycles. The van der Waals surface area contributed by atoms with Gasteiger partial charge < -0.3 is 9.84 Å². The van der Waals surface area contributed by atoms with Crippen LogP contribution in [0.15, 0.2) is 42.5 Å². The molecule has 0 radical (unpaired) electrons. The monoisotopic (exact) mass is 285 g/mol. The van der Waals surface area contributed by atoms with E-state index in [0.29, 0.717) is 16.7 Å². The molecule has 108 valence electrons. The molecule has 2 aromatic rings. The Bertz CT molecular complexity index is 672. The van der Waals surface area contributed by atoms with Crippen molar-refractivity contribution in [2.75, 3.05) is 7.11 Å². The van der Waals surface area contributed by atoms with E-state index in [1.165, 1.54) is 13.2 Å². The molecular weight excluding hydrogens is 269 g/mol. The largest absolute Gasteiger partial charge is 0.494 e. The molecule has 3 nitrogen and oxygen atoms in total. The summed E-state index contributed by atoms with van der Waals surface area (Å²) < 4.78 is 18.6. The number of methoxy groups -OCH3 is 1. The zero-order valence-electron chi connectivity index (χ0n) is 11.9. The minimum atomic E-state index is -1.14. The van der Waals surface area contributed by atoms with E-state index >= 15 is 0 Å². The lowest BCUT2D eigenvalue weighted by molar-refractivity contribution is 0.0575. The fraction of sp³-hybridized carbons (Fsp3) is 0.235. The molecule has 0 aliphatic heterocycles. The SMILES string of the molecule is COc1ccc(CC(C)(O)c2ccc(C#N)cc2)cc1F. The van der Waals surface area contributed by atoms with Crippen molar-refractivity contribution in [2.45, 2.75) is 18.9 Å². The maximum Gasteiger partial charge on any atom is 0.165 e. The van der Waals surface area contributed by atoms with Gasteiger partial charge in [0.15, 0.2) is 11.6 Å². The zero-order valence-corrected chi connectivity index (χ0v) is 11.9. The van der Waals surface area contributed by atoms with Gasteiger partial charge in [0.2, 0.25) is 0 Å². The Labute approximate surface area is 123 Å². The highest BCUT2D eigenvalue weighted by Crippen LogP contribution is 2.27. The molecular formula is C17H16FNO2. The normalized spacial score (nSPS) is 13.3. The number of halogens is 1. The van der Waals surface area contributed by atoms with Crippen LogP contribution in [0.4, 0.5) is 4.39 Å². The zero-order chi connectivity index (χ0) is 15.5. The molecule has 2 rings (SSSR count). The summed E-state index contributed by atoms with van der Waals surface area (Å²) in [4.78, 5) is 0. The summed E-state index contributed by atoms with van der Waals surface area (Å²) in [6, 6.07) is 13.4. The van der Waals surface area contributed by atoms with E-state index in [4.69, 9.17) is 10.00 Å². The smallest absolute Gasteiger partial charge is 0.165 e. The highest BCUT2D eigenvalue weighted by Gasteiger charge is 2.24. The van der Waals surface area contributed by atoms with Gasteiger partial charge in [-0.3, -0.25) is 0 Å². The maximum atomic E-state index is 13.7. The Morgan fingerprint density at radius 1 is 1.24 bits per heavy atom. The summed E-state index contributed by atoms with van der Waals surface area (Å²) in [5, 5.41) is 19.4. The molecule has 4 heteroatoms. The van der Waals surface area contributed by atoms with Gasteiger partial charge in [0.05, 0.1) is 24.3 Å². The first-order valence-corrected chi connectivity index (χ1v) is 6.52. The van der Waals surface area contributed by atoms with E-state index in [1.54, 1.807) is 43.3 Å². The van der Waals surface area contributed by atoms with E-state index < -0.39 is 11.4 Å². The quantitative estimate of drug-likeness (QED) is 0.938. The van der Waals surface area contributed by atoms with Crippen molar-refractivity contribution in [1.82, 2.24) is 0 Å². The molecule has 2 aromatic carbocycles. The number of rotatable bonds is 4. The molecule has 1 unspecified atom stereocenters. The number of ether oxygens (including phenoxy) is 1. The highest BCUT2D eigenvalue weighted by molar-refractivity contribution is 5.36. The molecule has 0 spiro atoms. The molecule has 0 bridgehead atoms. The van der Waals surface area contributed by atoms with E-state index in [-0.39, 0.29) is 12.2 Å². The molecule has 0 saturated carbocycles. The van der Waals surface area contributed by atoms with Gasteiger partial charge in [-0.05, 0) is 42.3 Å². The summed E-state index contributed by atoms with van der Waals surface area (Å²) >= 11 is 0. The van der Waals surface area contributed by atoms with E-state index in [1.807, 2.05) is 6.07 Å². The predicted molar refractivity (Wildman–Crippen MR) is 77.4 cm³/mol. The summed E-state index contributed by atoms with van der Waals surface area (Å²) in [6.07, 6.45) is 0.264. The third-order valence-electron chi connectivity index (χ3n) is 3.40. The topological polar surface area (TPSA) is 53.2 Å². The van der Waals surface area contributed by atoms with Crippen molar-refractivity contribution in [3.05, 3.63) is 65.0 Å². The van der Waals surface area contributed by atoms with Crippen LogP contribution in [-0.2, 0) is 12.0 Å². The van der Waals surface area contributed by atoms with E-state index in [9.17, 15) is 9.50 Å². The van der Waals surface area contributed by atoms with Crippen molar-refractivity contribution in [3.8, 4) is 11.8 Å². The Morgan fingerprint density at radius 2 is 1.90 bits per heavy atom. The van der Waals surface area contributed by atoms with Crippen molar-refractivity contribution >= 4 is 0 Å². The van der Waals surface area contributed by atoms with Crippen molar-refractivity contribution in [2.24, 2.45) is 0 Å². The van der Waals surface area contributed by atoms with Gasteiger partial charge in [-0.2, -0.15) is 5.26 Å². The van der Waals surface area contributed by atoms with E-state index in [2.05, 4.69) is 0 Å². The number of hydrogen-bond donors (Lipinski definition) is 1. The average Bonchev–Trinajstić information content (AvgIpc) is 2.47. The third-order valence-corrected chi connectivity index (χ3v) is 3.40. The lowest BCUT2D eigenvalue weighted by atomic mass is 9.88. The van der Waals surface area contributed by atoms with Crippen LogP contribution in [-0.4, -0.2) is 12.2 Å². The lowest BCUT2D eigenvalue weighted by Crippen LogP contribution is -2.24. The fourth-order valence-corrected chi connectivity index (χ4v) is 2.22. The number of aliphatic hydroxyl groups is 1. The molecule has 0 amide bonds. The van der Waals surface area contributed by atoms with Gasteiger partial charge in [0.25, 0.3) is 0 Å². The number of nitrogens with zero attached hydrogens (tertiary/aromatic N) is 1. The summed E-state index contributed by atoms with van der Waals surface area (Å²) in [6.45, 7) is 1.66. The fourth-order valence-electron chi connectivity index (χ4n) is 2.22. The van der Waals surface area contributed by atoms with Crippen molar-refractivity contribution < 1.29 is 14.2 Å². The Hall–Kier alpha value is -2.38. The summed E-state index contributed by atoms with van der Waals surface area (Å²) in [7, 11) is 1.41. The molecule has 0 heterocycles. The first kappa shape index (κ1) is 15.0. The highest BCUT2D eigenvalue weighted by atomic mass is 19.1. The van der Waals surface area contributed by atoms with Crippen LogP contribution in [0.1, 0.15) is 23.6 Å². The molecule has 0 aliphatic rings. The van der Waals surface area contributed by atoms with Crippen LogP contribution in [0, 0.1) is 17.1 Å². The van der Waals surface area contributed by atoms with Crippen LogP contribution < -0.4 is 4.74 Å². The van der Waals surface area contributed by atoms with Crippen LogP contribution >= 0.6 is 0 Å². The second-order valence-electron chi connectivity index (χ2n) is 5.11. The molecule has 21 heavy (non-hydrogen) atoms. The second-order valence-corrected chi connectivity index (χ2v) is 5.11. The van der Waals surface area contributed by atoms with Crippen LogP contribution in [0.3, 0.4) is 0 Å². The van der Waals surface area contributed by atoms with Gasteiger partial charge in [0.1, 0.15) is 0 Å². The van der Waals surface area contributed by atoms with Crippen LogP contribution in [0.2, 0.25) is 0 Å². The second kappa shape index (κ2) is 5.94. The van der Waals surface area contributed by atoms with Crippen LogP contribution in [0.5, 0.6) is 5.75 Å². The van der Waals surface area contributed by atoms with Gasteiger partial charge in [-0.1, -0.05) is 18.2 Å². The Balaban J connectivity index is 2.23. The third kappa shape index (κ3) is 3.39. The average molecular weight is 285 g/mol. The molecule has 1 atom stereocenters. The Morgan fingerprint density at radius 3 is 2.43 bits per heavy atom. The summed E-state index contributed by atoms with van der Waals surface area (Å²) in [5.41, 5.74) is 0.736. The minimum absolute atomic E-state index is 0.178. The van der Waals surface area contributed by atoms with Crippen LogP contribution in [0.25, 0.3) is 0 Å². The minimum Gasteiger partial charge on any atom is -0.494 e. The van der Waals surface area contributed by atoms with Gasteiger partial charge in [0, 0.05) is 6.42 Å².